The van der Waals surface area contributed by atoms with Crippen molar-refractivity contribution in [3.05, 3.63) is 126 Å². The summed E-state index contributed by atoms with van der Waals surface area (Å²) in [7, 11) is 0. The monoisotopic (exact) mass is 439 g/mol. The van der Waals surface area contributed by atoms with Gasteiger partial charge in [-0.2, -0.15) is 0 Å². The quantitative estimate of drug-likeness (QED) is 0.272. The zero-order valence-corrected chi connectivity index (χ0v) is 19.3. The highest BCUT2D eigenvalue weighted by Crippen LogP contribution is 2.51. The number of aryl methyl sites for hydroxylation is 2. The van der Waals surface area contributed by atoms with E-state index >= 15 is 0 Å². The van der Waals surface area contributed by atoms with Crippen molar-refractivity contribution >= 4 is 17.1 Å². The average Bonchev–Trinajstić information content (AvgIpc) is 2.88. The molecule has 0 aliphatic carbocycles. The van der Waals surface area contributed by atoms with Gasteiger partial charge in [-0.3, -0.25) is 0 Å². The van der Waals surface area contributed by atoms with Gasteiger partial charge in [-0.1, -0.05) is 78.9 Å². The lowest BCUT2D eigenvalue weighted by molar-refractivity contribution is 0.477. The SMILES string of the molecule is Cc1ccccc1-c1ccc(N2c3ccccc3Oc3ccccc32)cc1-c1ccccc1C. The van der Waals surface area contributed by atoms with E-state index in [0.717, 1.165) is 28.6 Å². The van der Waals surface area contributed by atoms with Gasteiger partial charge >= 0.3 is 0 Å². The van der Waals surface area contributed by atoms with E-state index in [1.54, 1.807) is 0 Å². The van der Waals surface area contributed by atoms with Gasteiger partial charge in [-0.15, -0.1) is 0 Å². The highest BCUT2D eigenvalue weighted by molar-refractivity contribution is 5.92. The Kier molecular flexibility index (Phi) is 4.92. The molecule has 1 aliphatic heterocycles. The fraction of sp³-hybridized carbons (Fsp3) is 0.0625. The van der Waals surface area contributed by atoms with Crippen molar-refractivity contribution in [1.82, 2.24) is 0 Å². The summed E-state index contributed by atoms with van der Waals surface area (Å²) in [5, 5.41) is 0. The van der Waals surface area contributed by atoms with Crippen LogP contribution in [0.15, 0.2) is 115 Å². The van der Waals surface area contributed by atoms with Crippen LogP contribution in [-0.2, 0) is 0 Å². The second-order valence-corrected chi connectivity index (χ2v) is 8.73. The summed E-state index contributed by atoms with van der Waals surface area (Å²) in [5.74, 6) is 1.73. The number of hydrogen-bond acceptors (Lipinski definition) is 2. The van der Waals surface area contributed by atoms with Gasteiger partial charge < -0.3 is 9.64 Å². The van der Waals surface area contributed by atoms with Gasteiger partial charge in [0.2, 0.25) is 0 Å². The van der Waals surface area contributed by atoms with Gasteiger partial charge in [-0.25, -0.2) is 0 Å². The van der Waals surface area contributed by atoms with Gasteiger partial charge in [0.1, 0.15) is 0 Å². The highest BCUT2D eigenvalue weighted by atomic mass is 16.5. The van der Waals surface area contributed by atoms with E-state index in [1.165, 1.54) is 33.4 Å². The van der Waals surface area contributed by atoms with Gasteiger partial charge in [-0.05, 0) is 83.6 Å². The summed E-state index contributed by atoms with van der Waals surface area (Å²) in [6.07, 6.45) is 0. The van der Waals surface area contributed by atoms with E-state index in [1.807, 2.05) is 24.3 Å². The predicted octanol–water partition coefficient (Wildman–Crippen LogP) is 9.21. The molecule has 34 heavy (non-hydrogen) atoms. The number of benzene rings is 5. The number of fused-ring (bicyclic) bond motifs is 2. The van der Waals surface area contributed by atoms with Crippen LogP contribution in [-0.4, -0.2) is 0 Å². The summed E-state index contributed by atoms with van der Waals surface area (Å²) < 4.78 is 6.23. The Labute approximate surface area is 200 Å². The molecule has 0 fully saturated rings. The second-order valence-electron chi connectivity index (χ2n) is 8.73. The Morgan fingerprint density at radius 3 is 1.56 bits per heavy atom. The molecule has 0 bridgehead atoms. The summed E-state index contributed by atoms with van der Waals surface area (Å²) >= 11 is 0. The molecule has 1 heterocycles. The van der Waals surface area contributed by atoms with E-state index in [-0.39, 0.29) is 0 Å². The van der Waals surface area contributed by atoms with Gasteiger partial charge in [0.25, 0.3) is 0 Å². The van der Waals surface area contributed by atoms with Gasteiger partial charge in [0.15, 0.2) is 11.5 Å². The molecule has 0 unspecified atom stereocenters. The molecule has 1 aliphatic rings. The molecule has 2 heteroatoms. The summed E-state index contributed by atoms with van der Waals surface area (Å²) in [6.45, 7) is 4.36. The van der Waals surface area contributed by atoms with Crippen molar-refractivity contribution in [3.63, 3.8) is 0 Å². The smallest absolute Gasteiger partial charge is 0.151 e. The number of anilines is 3. The lowest BCUT2D eigenvalue weighted by Gasteiger charge is -2.33. The Morgan fingerprint density at radius 1 is 0.471 bits per heavy atom. The minimum Gasteiger partial charge on any atom is -0.453 e. The van der Waals surface area contributed by atoms with Crippen molar-refractivity contribution < 1.29 is 4.74 Å². The van der Waals surface area contributed by atoms with Crippen LogP contribution in [0.4, 0.5) is 17.1 Å². The summed E-state index contributed by atoms with van der Waals surface area (Å²) in [5.41, 5.74) is 10.7. The first-order valence-electron chi connectivity index (χ1n) is 11.6. The van der Waals surface area contributed by atoms with Crippen LogP contribution in [0, 0.1) is 13.8 Å². The lowest BCUT2D eigenvalue weighted by atomic mass is 9.89. The third-order valence-electron chi connectivity index (χ3n) is 6.56. The van der Waals surface area contributed by atoms with E-state index in [4.69, 9.17) is 4.74 Å². The molecular weight excluding hydrogens is 414 g/mol. The standard InChI is InChI=1S/C32H25NO/c1-22-11-3-5-13-25(22)27-20-19-24(21-28(27)26-14-6-4-12-23(26)2)33-29-15-7-9-17-31(29)34-32-18-10-8-16-30(32)33/h3-21H,1-2H3. The van der Waals surface area contributed by atoms with Crippen LogP contribution in [0.1, 0.15) is 11.1 Å². The number of para-hydroxylation sites is 4. The number of rotatable bonds is 3. The minimum absolute atomic E-state index is 0.863. The van der Waals surface area contributed by atoms with Crippen molar-refractivity contribution in [2.24, 2.45) is 0 Å². The fourth-order valence-electron chi connectivity index (χ4n) is 4.86. The Bertz CT molecular complexity index is 1470. The van der Waals surface area contributed by atoms with Crippen LogP contribution in [0.5, 0.6) is 11.5 Å². The molecule has 0 saturated carbocycles. The maximum absolute atomic E-state index is 6.23. The zero-order valence-electron chi connectivity index (χ0n) is 19.3. The molecule has 0 radical (unpaired) electrons. The van der Waals surface area contributed by atoms with Crippen LogP contribution in [0.25, 0.3) is 22.3 Å². The molecule has 0 saturated heterocycles. The van der Waals surface area contributed by atoms with E-state index in [0.29, 0.717) is 0 Å². The number of hydrogen-bond donors (Lipinski definition) is 0. The fourth-order valence-corrected chi connectivity index (χ4v) is 4.86. The predicted molar refractivity (Wildman–Crippen MR) is 142 cm³/mol. The van der Waals surface area contributed by atoms with Crippen LogP contribution in [0.3, 0.4) is 0 Å². The molecule has 0 N–H and O–H groups in total. The largest absolute Gasteiger partial charge is 0.453 e. The third kappa shape index (κ3) is 3.36. The Morgan fingerprint density at radius 2 is 0.971 bits per heavy atom. The topological polar surface area (TPSA) is 12.5 Å². The van der Waals surface area contributed by atoms with Crippen molar-refractivity contribution in [1.29, 1.82) is 0 Å². The molecule has 6 rings (SSSR count). The molecule has 5 aromatic carbocycles. The van der Waals surface area contributed by atoms with Crippen LogP contribution < -0.4 is 9.64 Å². The molecule has 2 nitrogen and oxygen atoms in total. The molecule has 0 amide bonds. The van der Waals surface area contributed by atoms with Gasteiger partial charge in [0.05, 0.1) is 11.4 Å². The second kappa shape index (κ2) is 8.24. The summed E-state index contributed by atoms with van der Waals surface area (Å²) in [4.78, 5) is 2.30. The zero-order chi connectivity index (χ0) is 23.1. The van der Waals surface area contributed by atoms with Gasteiger partial charge in [0, 0.05) is 5.69 Å². The minimum atomic E-state index is 0.863. The number of ether oxygens (including phenoxy) is 1. The molecule has 0 aromatic heterocycles. The van der Waals surface area contributed by atoms with E-state index < -0.39 is 0 Å². The van der Waals surface area contributed by atoms with Crippen molar-refractivity contribution in [3.8, 4) is 33.8 Å². The molecule has 0 spiro atoms. The van der Waals surface area contributed by atoms with Crippen LogP contribution >= 0.6 is 0 Å². The first-order valence-corrected chi connectivity index (χ1v) is 11.6. The number of nitrogens with zero attached hydrogens (tertiary/aromatic N) is 1. The first kappa shape index (κ1) is 20.3. The molecule has 0 atom stereocenters. The van der Waals surface area contributed by atoms with E-state index in [9.17, 15) is 0 Å². The first-order chi connectivity index (χ1) is 16.7. The maximum atomic E-state index is 6.23. The van der Waals surface area contributed by atoms with Crippen LogP contribution in [0.2, 0.25) is 0 Å². The Hall–Kier alpha value is -4.30. The highest BCUT2D eigenvalue weighted by Gasteiger charge is 2.26. The third-order valence-corrected chi connectivity index (χ3v) is 6.56. The van der Waals surface area contributed by atoms with Crippen molar-refractivity contribution in [2.75, 3.05) is 4.90 Å². The molecule has 5 aromatic rings. The molecular formula is C32H25NO. The normalized spacial score (nSPS) is 12.0. The molecule has 164 valence electrons. The Balaban J connectivity index is 1.61. The van der Waals surface area contributed by atoms with E-state index in [2.05, 4.69) is 110 Å². The maximum Gasteiger partial charge on any atom is 0.151 e. The average molecular weight is 440 g/mol. The van der Waals surface area contributed by atoms with Crippen molar-refractivity contribution in [2.45, 2.75) is 13.8 Å². The summed E-state index contributed by atoms with van der Waals surface area (Å²) in [6, 6.07) is 40.5. The lowest BCUT2D eigenvalue weighted by Crippen LogP contribution is -2.15.